The molecule has 1 aromatic rings. The Kier molecular flexibility index (Phi) is 10.0. The number of nitrogens with one attached hydrogen (secondary N) is 1. The van der Waals surface area contributed by atoms with Gasteiger partial charge in [0.1, 0.15) is 25.1 Å². The average molecular weight is 632 g/mol. The Morgan fingerprint density at radius 2 is 1.84 bits per heavy atom. The SMILES string of the molecule is C=C1C[C@](OC)([C@H](OC(=O)c2ccccc2)C(=O)N[C@H]2OCO[C@H]3[C@@H]2O[C@H](C[C@H]2CCC(=O)O2)C(C)(C)[C@@H]3OC)O[C@H](C)[C@@H]1C. The van der Waals surface area contributed by atoms with E-state index >= 15 is 0 Å². The predicted molar refractivity (Wildman–Crippen MR) is 159 cm³/mol. The monoisotopic (exact) mass is 631 g/mol. The maximum absolute atomic E-state index is 14.2. The average Bonchev–Trinajstić information content (AvgIpc) is 3.43. The first-order valence-corrected chi connectivity index (χ1v) is 15.5. The number of rotatable bonds is 9. The maximum atomic E-state index is 14.2. The summed E-state index contributed by atoms with van der Waals surface area (Å²) in [5.74, 6) is -3.32. The minimum absolute atomic E-state index is 0.0116. The van der Waals surface area contributed by atoms with E-state index in [-0.39, 0.29) is 42.9 Å². The fourth-order valence-electron chi connectivity index (χ4n) is 6.80. The summed E-state index contributed by atoms with van der Waals surface area (Å²) >= 11 is 0. The molecule has 1 N–H and O–H groups in total. The first kappa shape index (κ1) is 33.5. The van der Waals surface area contributed by atoms with Gasteiger partial charge in [0, 0.05) is 44.8 Å². The Morgan fingerprint density at radius 1 is 1.11 bits per heavy atom. The van der Waals surface area contributed by atoms with Gasteiger partial charge in [0.2, 0.25) is 11.9 Å². The molecule has 4 heterocycles. The van der Waals surface area contributed by atoms with Crippen molar-refractivity contribution in [3.63, 3.8) is 0 Å². The van der Waals surface area contributed by atoms with Crippen molar-refractivity contribution in [2.75, 3.05) is 21.0 Å². The highest BCUT2D eigenvalue weighted by atomic mass is 16.7. The number of carbonyl (C=O) groups is 3. The molecule has 0 radical (unpaired) electrons. The molecule has 12 heteroatoms. The molecule has 0 bridgehead atoms. The van der Waals surface area contributed by atoms with Gasteiger partial charge in [-0.15, -0.1) is 0 Å². The van der Waals surface area contributed by atoms with Crippen LogP contribution in [0.3, 0.4) is 0 Å². The summed E-state index contributed by atoms with van der Waals surface area (Å²) < 4.78 is 48.0. The molecule has 0 unspecified atom stereocenters. The van der Waals surface area contributed by atoms with Gasteiger partial charge in [-0.3, -0.25) is 9.59 Å². The molecule has 0 aromatic heterocycles. The first-order valence-electron chi connectivity index (χ1n) is 15.5. The van der Waals surface area contributed by atoms with E-state index in [2.05, 4.69) is 11.9 Å². The molecule has 5 rings (SSSR count). The van der Waals surface area contributed by atoms with Crippen molar-refractivity contribution < 1.29 is 52.3 Å². The molecule has 4 aliphatic heterocycles. The standard InChI is InChI=1S/C33H45NO11/c1-18-16-33(39-7,45-20(3)19(18)2)28(44-31(37)21-11-9-8-10-12-21)29(36)34-30-26-25(40-17-41-30)27(38-6)32(4,5)23(43-26)15-22-13-14-24(35)42-22/h8-12,19-20,22-23,25-28,30H,1,13-17H2,2-7H3,(H,34,36)/t19-,20-,22-,23-,25+,26+,27-,28-,30+,33-/m1/s1. The van der Waals surface area contributed by atoms with Crippen LogP contribution in [0.5, 0.6) is 0 Å². The lowest BCUT2D eigenvalue weighted by Gasteiger charge is -2.54. The third-order valence-electron chi connectivity index (χ3n) is 9.72. The van der Waals surface area contributed by atoms with Crippen LogP contribution >= 0.6 is 0 Å². The molecule has 4 fully saturated rings. The van der Waals surface area contributed by atoms with E-state index in [0.29, 0.717) is 19.3 Å². The minimum atomic E-state index is -1.65. The number of hydrogen-bond donors (Lipinski definition) is 1. The number of ether oxygens (including phenoxy) is 8. The van der Waals surface area contributed by atoms with E-state index in [1.54, 1.807) is 37.4 Å². The third-order valence-corrected chi connectivity index (χ3v) is 9.72. The number of benzene rings is 1. The second-order valence-electron chi connectivity index (χ2n) is 12.9. The van der Waals surface area contributed by atoms with Crippen LogP contribution in [0.4, 0.5) is 0 Å². The summed E-state index contributed by atoms with van der Waals surface area (Å²) in [5.41, 5.74) is 0.521. The van der Waals surface area contributed by atoms with Gasteiger partial charge in [-0.2, -0.15) is 0 Å². The van der Waals surface area contributed by atoms with Crippen LogP contribution in [-0.4, -0.2) is 93.6 Å². The van der Waals surface area contributed by atoms with Crippen LogP contribution in [0.25, 0.3) is 0 Å². The van der Waals surface area contributed by atoms with Crippen molar-refractivity contribution >= 4 is 17.8 Å². The Balaban J connectivity index is 1.42. The van der Waals surface area contributed by atoms with Crippen molar-refractivity contribution in [1.29, 1.82) is 0 Å². The van der Waals surface area contributed by atoms with Gasteiger partial charge in [-0.1, -0.05) is 51.1 Å². The van der Waals surface area contributed by atoms with Gasteiger partial charge in [0.25, 0.3) is 5.91 Å². The number of hydrogen-bond acceptors (Lipinski definition) is 11. The molecular formula is C33H45NO11. The van der Waals surface area contributed by atoms with Gasteiger partial charge in [-0.25, -0.2) is 4.79 Å². The lowest BCUT2D eigenvalue weighted by Crippen LogP contribution is -2.69. The molecule has 1 amide bonds. The summed E-state index contributed by atoms with van der Waals surface area (Å²) in [5, 5.41) is 2.89. The van der Waals surface area contributed by atoms with Crippen molar-refractivity contribution in [3.8, 4) is 0 Å². The number of cyclic esters (lactones) is 1. The lowest BCUT2D eigenvalue weighted by atomic mass is 9.72. The molecule has 0 aliphatic carbocycles. The zero-order valence-electron chi connectivity index (χ0n) is 26.8. The van der Waals surface area contributed by atoms with Gasteiger partial charge in [0.15, 0.2) is 6.23 Å². The quantitative estimate of drug-likeness (QED) is 0.318. The van der Waals surface area contributed by atoms with Crippen molar-refractivity contribution in [1.82, 2.24) is 5.32 Å². The third kappa shape index (κ3) is 6.68. The predicted octanol–water partition coefficient (Wildman–Crippen LogP) is 3.28. The van der Waals surface area contributed by atoms with Gasteiger partial charge < -0.3 is 43.2 Å². The fraction of sp³-hybridized carbons (Fsp3) is 0.667. The van der Waals surface area contributed by atoms with Crippen LogP contribution in [-0.2, 0) is 47.5 Å². The zero-order chi connectivity index (χ0) is 32.5. The number of fused-ring (bicyclic) bond motifs is 1. The van der Waals surface area contributed by atoms with Crippen LogP contribution < -0.4 is 5.32 Å². The number of esters is 2. The molecule has 12 nitrogen and oxygen atoms in total. The van der Waals surface area contributed by atoms with Crippen LogP contribution in [0.1, 0.15) is 63.7 Å². The number of carbonyl (C=O) groups excluding carboxylic acids is 3. The Hall–Kier alpha value is -2.87. The summed E-state index contributed by atoms with van der Waals surface area (Å²) in [4.78, 5) is 39.4. The minimum Gasteiger partial charge on any atom is -0.462 e. The highest BCUT2D eigenvalue weighted by molar-refractivity contribution is 5.92. The van der Waals surface area contributed by atoms with E-state index in [9.17, 15) is 14.4 Å². The van der Waals surface area contributed by atoms with Crippen LogP contribution in [0.15, 0.2) is 42.5 Å². The van der Waals surface area contributed by atoms with Gasteiger partial charge in [-0.05, 0) is 25.5 Å². The normalized spacial score (nSPS) is 36.8. The Labute approximate surface area is 264 Å². The highest BCUT2D eigenvalue weighted by Crippen LogP contribution is 2.45. The molecule has 0 saturated carbocycles. The molecule has 4 aliphatic rings. The number of methoxy groups -OCH3 is 2. The van der Waals surface area contributed by atoms with Crippen molar-refractivity contribution in [3.05, 3.63) is 48.0 Å². The van der Waals surface area contributed by atoms with E-state index in [1.807, 2.05) is 27.7 Å². The van der Waals surface area contributed by atoms with Gasteiger partial charge >= 0.3 is 11.9 Å². The Bertz CT molecular complexity index is 1250. The molecule has 10 atom stereocenters. The fourth-order valence-corrected chi connectivity index (χ4v) is 6.80. The second kappa shape index (κ2) is 13.5. The molecule has 45 heavy (non-hydrogen) atoms. The number of amides is 1. The van der Waals surface area contributed by atoms with Crippen LogP contribution in [0.2, 0.25) is 0 Å². The summed E-state index contributed by atoms with van der Waals surface area (Å²) in [7, 11) is 3.01. The van der Waals surface area contributed by atoms with Crippen LogP contribution in [0, 0.1) is 11.3 Å². The lowest BCUT2D eigenvalue weighted by molar-refractivity contribution is -0.332. The molecule has 0 spiro atoms. The topological polar surface area (TPSA) is 137 Å². The first-order chi connectivity index (χ1) is 21.4. The van der Waals surface area contributed by atoms with Gasteiger partial charge in [0.05, 0.1) is 23.9 Å². The molecule has 4 saturated heterocycles. The zero-order valence-corrected chi connectivity index (χ0v) is 26.8. The maximum Gasteiger partial charge on any atom is 0.339 e. The molecule has 248 valence electrons. The summed E-state index contributed by atoms with van der Waals surface area (Å²) in [6, 6.07) is 8.37. The van der Waals surface area contributed by atoms with Crippen molar-refractivity contribution in [2.24, 2.45) is 11.3 Å². The van der Waals surface area contributed by atoms with E-state index in [1.165, 1.54) is 7.11 Å². The van der Waals surface area contributed by atoms with E-state index in [4.69, 9.17) is 37.9 Å². The van der Waals surface area contributed by atoms with E-state index in [0.717, 1.165) is 5.57 Å². The highest BCUT2D eigenvalue weighted by Gasteiger charge is 2.58. The van der Waals surface area contributed by atoms with E-state index < -0.39 is 59.8 Å². The Morgan fingerprint density at radius 3 is 2.47 bits per heavy atom. The molecular weight excluding hydrogens is 586 g/mol. The smallest absolute Gasteiger partial charge is 0.339 e. The summed E-state index contributed by atoms with van der Waals surface area (Å²) in [6.45, 7) is 11.9. The molecule has 1 aromatic carbocycles. The van der Waals surface area contributed by atoms with Crippen molar-refractivity contribution in [2.45, 2.75) is 108 Å². The largest absolute Gasteiger partial charge is 0.462 e. The second-order valence-corrected chi connectivity index (χ2v) is 12.9. The summed E-state index contributed by atoms with van der Waals surface area (Å²) in [6.07, 6.45) is -3.95.